The lowest BCUT2D eigenvalue weighted by molar-refractivity contribution is -0.152. The lowest BCUT2D eigenvalue weighted by atomic mass is 9.92. The number of hydrogen-bond acceptors (Lipinski definition) is 5. The second-order valence-electron chi connectivity index (χ2n) is 9.49. The van der Waals surface area contributed by atoms with Gasteiger partial charge in [-0.2, -0.15) is 13.5 Å². The van der Waals surface area contributed by atoms with Crippen LogP contribution in [0.15, 0.2) is 59.5 Å². The average Bonchev–Trinajstić information content (AvgIpc) is 2.81. The molecule has 35 heavy (non-hydrogen) atoms. The predicted octanol–water partition coefficient (Wildman–Crippen LogP) is 3.29. The van der Waals surface area contributed by atoms with Gasteiger partial charge in [0.15, 0.2) is 5.60 Å². The van der Waals surface area contributed by atoms with Crippen LogP contribution in [0.25, 0.3) is 10.8 Å². The third-order valence-corrected chi connectivity index (χ3v) is 7.42. The van der Waals surface area contributed by atoms with Crippen molar-refractivity contribution in [2.75, 3.05) is 31.5 Å². The van der Waals surface area contributed by atoms with Crippen molar-refractivity contribution in [3.8, 4) is 0 Å². The fourth-order valence-electron chi connectivity index (χ4n) is 5.13. The van der Waals surface area contributed by atoms with Crippen LogP contribution in [0.4, 0.5) is 5.69 Å². The minimum absolute atomic E-state index is 0. The molecule has 3 aromatic rings. The number of nitrogens with zero attached hydrogens (tertiary/aromatic N) is 2. The van der Waals surface area contributed by atoms with Crippen LogP contribution in [-0.2, 0) is 10.4 Å². The van der Waals surface area contributed by atoms with Crippen molar-refractivity contribution < 1.29 is 9.90 Å². The normalized spacial score (nSPS) is 19.0. The monoisotopic (exact) mass is 514 g/mol. The molecule has 2 aliphatic heterocycles. The van der Waals surface area contributed by atoms with E-state index < -0.39 is 5.60 Å². The highest BCUT2D eigenvalue weighted by atomic mass is 35.5. The van der Waals surface area contributed by atoms with Crippen LogP contribution in [0.3, 0.4) is 0 Å². The number of fused-ring (bicyclic) bond motifs is 1. The third kappa shape index (κ3) is 5.07. The summed E-state index contributed by atoms with van der Waals surface area (Å²) in [5.41, 5.74) is -0.154. The summed E-state index contributed by atoms with van der Waals surface area (Å²) in [4.78, 5) is 31.9. The number of amides is 1. The maximum Gasteiger partial charge on any atom is 0.258 e. The molecular weight excluding hydrogens is 484 g/mol. The van der Waals surface area contributed by atoms with Gasteiger partial charge in [-0.3, -0.25) is 14.5 Å². The van der Waals surface area contributed by atoms with Crippen molar-refractivity contribution in [3.05, 3.63) is 75.7 Å². The number of carbonyl (C=O) groups excluding carboxylic acids is 1. The first-order valence-electron chi connectivity index (χ1n) is 11.7. The summed E-state index contributed by atoms with van der Waals surface area (Å²) >= 11 is 6.35. The molecule has 1 atom stereocenters. The summed E-state index contributed by atoms with van der Waals surface area (Å²) in [5.74, 6) is -0.229. The van der Waals surface area contributed by atoms with Crippen LogP contribution < -0.4 is 10.9 Å². The van der Waals surface area contributed by atoms with E-state index in [-0.39, 0.29) is 25.0 Å². The van der Waals surface area contributed by atoms with Crippen LogP contribution >= 0.6 is 25.1 Å². The maximum atomic E-state index is 13.0. The molecule has 0 bridgehead atoms. The summed E-state index contributed by atoms with van der Waals surface area (Å²) in [7, 11) is 0. The zero-order valence-corrected chi connectivity index (χ0v) is 21.4. The Morgan fingerprint density at radius 1 is 1.14 bits per heavy atom. The minimum atomic E-state index is -1.51. The zero-order valence-electron chi connectivity index (χ0n) is 19.6. The summed E-state index contributed by atoms with van der Waals surface area (Å²) in [6, 6.07) is 15.5. The largest absolute Gasteiger partial charge is 0.380 e. The molecule has 3 N–H and O–H groups in total. The Morgan fingerprint density at radius 2 is 1.83 bits per heavy atom. The van der Waals surface area contributed by atoms with Crippen LogP contribution in [-0.4, -0.2) is 64.1 Å². The van der Waals surface area contributed by atoms with Gasteiger partial charge in [-0.05, 0) is 48.9 Å². The molecule has 2 fully saturated rings. The number of halogens is 1. The molecule has 2 aromatic carbocycles. The smallest absolute Gasteiger partial charge is 0.258 e. The molecule has 2 aliphatic rings. The molecule has 5 rings (SSSR count). The van der Waals surface area contributed by atoms with E-state index in [2.05, 4.69) is 15.2 Å². The number of aromatic nitrogens is 1. The maximum absolute atomic E-state index is 13.0. The van der Waals surface area contributed by atoms with Crippen molar-refractivity contribution in [2.45, 2.75) is 37.5 Å². The molecule has 0 aliphatic carbocycles. The first-order chi connectivity index (χ1) is 16.3. The molecule has 1 amide bonds. The lowest BCUT2D eigenvalue weighted by Crippen LogP contribution is -2.61. The Morgan fingerprint density at radius 3 is 2.51 bits per heavy atom. The third-order valence-electron chi connectivity index (χ3n) is 7.13. The van der Waals surface area contributed by atoms with Crippen molar-refractivity contribution in [3.63, 3.8) is 0 Å². The fraction of sp³-hybridized carbons (Fsp3) is 0.385. The van der Waals surface area contributed by atoms with Crippen molar-refractivity contribution in [2.24, 2.45) is 0 Å². The molecule has 0 unspecified atom stereocenters. The Bertz CT molecular complexity index is 1250. The summed E-state index contributed by atoms with van der Waals surface area (Å²) < 4.78 is 0. The van der Waals surface area contributed by atoms with E-state index in [1.807, 2.05) is 36.4 Å². The molecule has 1 aromatic heterocycles. The van der Waals surface area contributed by atoms with Gasteiger partial charge in [-0.1, -0.05) is 41.9 Å². The lowest BCUT2D eigenvalue weighted by Gasteiger charge is -2.48. The van der Waals surface area contributed by atoms with Crippen molar-refractivity contribution in [1.29, 1.82) is 0 Å². The molecule has 0 spiro atoms. The van der Waals surface area contributed by atoms with Crippen LogP contribution in [0.1, 0.15) is 25.3 Å². The summed E-state index contributed by atoms with van der Waals surface area (Å²) in [6.45, 7) is 4.72. The fourth-order valence-corrected chi connectivity index (χ4v) is 5.44. The Labute approximate surface area is 216 Å². The second kappa shape index (κ2) is 10.2. The number of carbonyl (C=O) groups is 1. The van der Waals surface area contributed by atoms with Gasteiger partial charge in [0.25, 0.3) is 11.5 Å². The zero-order chi connectivity index (χ0) is 23.9. The number of aliphatic hydroxyl groups is 1. The van der Waals surface area contributed by atoms with Crippen LogP contribution in [0.2, 0.25) is 5.02 Å². The van der Waals surface area contributed by atoms with Gasteiger partial charge < -0.3 is 20.3 Å². The topological polar surface area (TPSA) is 88.7 Å². The van der Waals surface area contributed by atoms with Crippen molar-refractivity contribution in [1.82, 2.24) is 14.8 Å². The van der Waals surface area contributed by atoms with Gasteiger partial charge in [0.1, 0.15) is 0 Å². The Hall–Kier alpha value is -2.52. The van der Waals surface area contributed by atoms with Gasteiger partial charge in [0.05, 0.1) is 16.5 Å². The standard InChI is InChI=1S/C26H29ClN4O3.H2S/c1-26(34,18-5-3-2-4-6-18)25(33)30-11-8-21(9-12-30)31-15-20(16-31)29-19-13-17-7-10-28-24(32)23(17)22(27)14-19;/h2-7,10,13-14,20-21,29,34H,8-9,11-12,15-16H2,1H3,(H,28,32);1H2/t26-;/m0./s1. The summed E-state index contributed by atoms with van der Waals surface area (Å²) in [5, 5.41) is 16.2. The molecule has 2 saturated heterocycles. The Balaban J connectivity index is 0.00000289. The number of anilines is 1. The number of H-pyrrole nitrogens is 1. The number of benzene rings is 2. The molecule has 3 heterocycles. The number of piperidine rings is 1. The van der Waals surface area contributed by atoms with E-state index in [0.717, 1.165) is 37.0 Å². The minimum Gasteiger partial charge on any atom is -0.380 e. The van der Waals surface area contributed by atoms with Crippen LogP contribution in [0.5, 0.6) is 0 Å². The number of nitrogens with one attached hydrogen (secondary N) is 2. The van der Waals surface area contributed by atoms with Crippen LogP contribution in [0, 0.1) is 0 Å². The summed E-state index contributed by atoms with van der Waals surface area (Å²) in [6.07, 6.45) is 3.42. The SMILES string of the molecule is C[C@@](O)(C(=O)N1CCC(N2CC(Nc3cc(Cl)c4c(=O)[nH]ccc4c3)C2)CC1)c1ccccc1.S. The number of rotatable bonds is 5. The molecule has 0 saturated carbocycles. The molecule has 186 valence electrons. The van der Waals surface area contributed by atoms with E-state index in [1.165, 1.54) is 0 Å². The van der Waals surface area contributed by atoms with E-state index in [1.54, 1.807) is 30.2 Å². The van der Waals surface area contributed by atoms with E-state index >= 15 is 0 Å². The molecule has 7 nitrogen and oxygen atoms in total. The number of aromatic amines is 1. The Kier molecular flexibility index (Phi) is 7.47. The molecule has 0 radical (unpaired) electrons. The van der Waals surface area contributed by atoms with Gasteiger partial charge in [0, 0.05) is 44.1 Å². The number of pyridine rings is 1. The van der Waals surface area contributed by atoms with E-state index in [4.69, 9.17) is 11.6 Å². The highest BCUT2D eigenvalue weighted by Gasteiger charge is 2.40. The van der Waals surface area contributed by atoms with Crippen molar-refractivity contribution >= 4 is 47.5 Å². The number of hydrogen-bond donors (Lipinski definition) is 3. The average molecular weight is 515 g/mol. The second-order valence-corrected chi connectivity index (χ2v) is 9.89. The first kappa shape index (κ1) is 25.6. The molecule has 9 heteroatoms. The quantitative estimate of drug-likeness (QED) is 0.486. The van der Waals surface area contributed by atoms with E-state index in [9.17, 15) is 14.7 Å². The number of likely N-dealkylation sites (tertiary alicyclic amines) is 2. The predicted molar refractivity (Wildman–Crippen MR) is 145 cm³/mol. The van der Waals surface area contributed by atoms with Gasteiger partial charge >= 0.3 is 0 Å². The van der Waals surface area contributed by atoms with E-state index in [0.29, 0.717) is 41.1 Å². The highest BCUT2D eigenvalue weighted by Crippen LogP contribution is 2.30. The molecular formula is C26H31ClN4O3S. The van der Waals surface area contributed by atoms with Gasteiger partial charge in [-0.25, -0.2) is 0 Å². The van der Waals surface area contributed by atoms with Gasteiger partial charge in [0.2, 0.25) is 0 Å². The van der Waals surface area contributed by atoms with Gasteiger partial charge in [-0.15, -0.1) is 0 Å². The first-order valence-corrected chi connectivity index (χ1v) is 12.1. The highest BCUT2D eigenvalue weighted by molar-refractivity contribution is 7.59.